The van der Waals surface area contributed by atoms with Gasteiger partial charge in [-0.15, -0.1) is 11.3 Å². The van der Waals surface area contributed by atoms with E-state index in [4.69, 9.17) is 0 Å². The number of rotatable bonds is 3. The van der Waals surface area contributed by atoms with Gasteiger partial charge in [0.1, 0.15) is 0 Å². The van der Waals surface area contributed by atoms with Crippen LogP contribution in [-0.2, 0) is 12.0 Å². The van der Waals surface area contributed by atoms with Crippen molar-refractivity contribution >= 4 is 28.1 Å². The molecular weight excluding hydrogens is 282 g/mol. The van der Waals surface area contributed by atoms with Crippen molar-refractivity contribution in [2.24, 2.45) is 0 Å². The van der Waals surface area contributed by atoms with Gasteiger partial charge in [0.25, 0.3) is 0 Å². The van der Waals surface area contributed by atoms with E-state index < -0.39 is 0 Å². The third kappa shape index (κ3) is 3.03. The molecule has 0 atom stereocenters. The molecule has 0 aliphatic heterocycles. The van der Waals surface area contributed by atoms with Crippen LogP contribution in [-0.4, -0.2) is 9.97 Å². The lowest BCUT2D eigenvalue weighted by atomic mass is 9.95. The Bertz CT molecular complexity index is 820. The van der Waals surface area contributed by atoms with Crippen molar-refractivity contribution in [1.29, 1.82) is 0 Å². The number of imidazole rings is 1. The van der Waals surface area contributed by atoms with Crippen LogP contribution < -0.4 is 11.0 Å². The lowest BCUT2D eigenvalue weighted by Gasteiger charge is -2.15. The van der Waals surface area contributed by atoms with Crippen LogP contribution in [0.15, 0.2) is 35.1 Å². The average Bonchev–Trinajstić information content (AvgIpc) is 3.00. The third-order valence-electron chi connectivity index (χ3n) is 3.38. The second-order valence-electron chi connectivity index (χ2n) is 6.21. The molecule has 0 radical (unpaired) electrons. The van der Waals surface area contributed by atoms with Gasteiger partial charge in [-0.2, -0.15) is 0 Å². The van der Waals surface area contributed by atoms with Crippen molar-refractivity contribution in [3.8, 4) is 0 Å². The Kier molecular flexibility index (Phi) is 3.37. The SMILES string of the molecule is CC(C)(C)c1ccc(CNc2ccc3[nH]c(=O)[nH]c3c2)s1. The molecule has 0 amide bonds. The minimum Gasteiger partial charge on any atom is -0.380 e. The van der Waals surface area contributed by atoms with Crippen LogP contribution in [0.25, 0.3) is 11.0 Å². The lowest BCUT2D eigenvalue weighted by Crippen LogP contribution is -2.07. The van der Waals surface area contributed by atoms with Crippen molar-refractivity contribution in [2.75, 3.05) is 5.32 Å². The molecule has 2 heterocycles. The number of fused-ring (bicyclic) bond motifs is 1. The summed E-state index contributed by atoms with van der Waals surface area (Å²) in [6.45, 7) is 7.48. The van der Waals surface area contributed by atoms with E-state index in [9.17, 15) is 4.79 Å². The summed E-state index contributed by atoms with van der Waals surface area (Å²) in [4.78, 5) is 19.5. The molecule has 0 unspecified atom stereocenters. The summed E-state index contributed by atoms with van der Waals surface area (Å²) in [5.41, 5.74) is 2.69. The summed E-state index contributed by atoms with van der Waals surface area (Å²) in [7, 11) is 0. The Morgan fingerprint density at radius 2 is 1.86 bits per heavy atom. The second-order valence-corrected chi connectivity index (χ2v) is 7.38. The standard InChI is InChI=1S/C16H19N3OS/c1-16(2,3)14-7-5-11(21-14)9-17-10-4-6-12-13(8-10)19-15(20)18-12/h4-8,17H,9H2,1-3H3,(H2,18,19,20). The monoisotopic (exact) mass is 301 g/mol. The van der Waals surface area contributed by atoms with Gasteiger partial charge in [0, 0.05) is 22.0 Å². The molecule has 3 rings (SSSR count). The summed E-state index contributed by atoms with van der Waals surface area (Å²) in [6, 6.07) is 10.2. The highest BCUT2D eigenvalue weighted by molar-refractivity contribution is 7.12. The zero-order valence-electron chi connectivity index (χ0n) is 12.4. The van der Waals surface area contributed by atoms with Crippen LogP contribution >= 0.6 is 11.3 Å². The smallest absolute Gasteiger partial charge is 0.323 e. The number of hydrogen-bond acceptors (Lipinski definition) is 3. The van der Waals surface area contributed by atoms with Crippen LogP contribution in [0.2, 0.25) is 0 Å². The topological polar surface area (TPSA) is 60.7 Å². The highest BCUT2D eigenvalue weighted by atomic mass is 32.1. The Labute approximate surface area is 127 Å². The van der Waals surface area contributed by atoms with Crippen molar-refractivity contribution in [1.82, 2.24) is 9.97 Å². The van der Waals surface area contributed by atoms with Gasteiger partial charge in [-0.05, 0) is 35.7 Å². The number of aromatic nitrogens is 2. The first-order valence-electron chi connectivity index (χ1n) is 6.97. The van der Waals surface area contributed by atoms with Crippen molar-refractivity contribution in [3.63, 3.8) is 0 Å². The highest BCUT2D eigenvalue weighted by Gasteiger charge is 2.15. The second kappa shape index (κ2) is 5.07. The van der Waals surface area contributed by atoms with Gasteiger partial charge < -0.3 is 15.3 Å². The maximum atomic E-state index is 11.2. The van der Waals surface area contributed by atoms with E-state index in [1.165, 1.54) is 9.75 Å². The van der Waals surface area contributed by atoms with Gasteiger partial charge in [0.15, 0.2) is 0 Å². The maximum Gasteiger partial charge on any atom is 0.323 e. The Morgan fingerprint density at radius 3 is 2.57 bits per heavy atom. The summed E-state index contributed by atoms with van der Waals surface area (Å²) in [5, 5.41) is 3.40. The number of benzene rings is 1. The molecular formula is C16H19N3OS. The largest absolute Gasteiger partial charge is 0.380 e. The maximum absolute atomic E-state index is 11.2. The summed E-state index contributed by atoms with van der Waals surface area (Å²) in [5.74, 6) is 0. The molecule has 0 saturated heterocycles. The molecule has 110 valence electrons. The molecule has 0 spiro atoms. The molecule has 4 nitrogen and oxygen atoms in total. The first kappa shape index (κ1) is 13.9. The Morgan fingerprint density at radius 1 is 1.10 bits per heavy atom. The number of H-pyrrole nitrogens is 2. The zero-order chi connectivity index (χ0) is 15.0. The van der Waals surface area contributed by atoms with E-state index in [0.717, 1.165) is 23.3 Å². The van der Waals surface area contributed by atoms with Gasteiger partial charge in [0.2, 0.25) is 0 Å². The fraction of sp³-hybridized carbons (Fsp3) is 0.312. The van der Waals surface area contributed by atoms with Gasteiger partial charge in [-0.25, -0.2) is 4.79 Å². The molecule has 0 saturated carbocycles. The zero-order valence-corrected chi connectivity index (χ0v) is 13.2. The van der Waals surface area contributed by atoms with Crippen molar-refractivity contribution in [3.05, 3.63) is 50.6 Å². The van der Waals surface area contributed by atoms with Gasteiger partial charge in [0.05, 0.1) is 11.0 Å². The van der Waals surface area contributed by atoms with Gasteiger partial charge >= 0.3 is 5.69 Å². The molecule has 21 heavy (non-hydrogen) atoms. The lowest BCUT2D eigenvalue weighted by molar-refractivity contribution is 0.604. The molecule has 2 aromatic heterocycles. The third-order valence-corrected chi connectivity index (χ3v) is 4.89. The van der Waals surface area contributed by atoms with Gasteiger partial charge in [-0.3, -0.25) is 0 Å². The van der Waals surface area contributed by atoms with Crippen molar-refractivity contribution in [2.45, 2.75) is 32.7 Å². The van der Waals surface area contributed by atoms with E-state index in [-0.39, 0.29) is 11.1 Å². The normalized spacial score (nSPS) is 12.0. The van der Waals surface area contributed by atoms with E-state index in [1.54, 1.807) is 0 Å². The minimum atomic E-state index is -0.171. The number of hydrogen-bond donors (Lipinski definition) is 3. The van der Waals surface area contributed by atoms with Crippen LogP contribution in [0, 0.1) is 0 Å². The molecule has 5 heteroatoms. The van der Waals surface area contributed by atoms with E-state index in [1.807, 2.05) is 29.5 Å². The fourth-order valence-corrected chi connectivity index (χ4v) is 3.21. The van der Waals surface area contributed by atoms with E-state index in [0.29, 0.717) is 0 Å². The van der Waals surface area contributed by atoms with Crippen LogP contribution in [0.4, 0.5) is 5.69 Å². The summed E-state index contributed by atoms with van der Waals surface area (Å²) >= 11 is 1.84. The van der Waals surface area contributed by atoms with Crippen LogP contribution in [0.5, 0.6) is 0 Å². The molecule has 0 bridgehead atoms. The summed E-state index contributed by atoms with van der Waals surface area (Å²) < 4.78 is 0. The van der Waals surface area contributed by atoms with Crippen LogP contribution in [0.1, 0.15) is 30.5 Å². The van der Waals surface area contributed by atoms with Crippen LogP contribution in [0.3, 0.4) is 0 Å². The first-order chi connectivity index (χ1) is 9.91. The molecule has 1 aromatic carbocycles. The number of nitrogens with one attached hydrogen (secondary N) is 3. The predicted octanol–water partition coefficient (Wildman–Crippen LogP) is 3.83. The number of aromatic amines is 2. The Balaban J connectivity index is 1.74. The molecule has 0 fully saturated rings. The molecule has 3 aromatic rings. The predicted molar refractivity (Wildman–Crippen MR) is 89.3 cm³/mol. The quantitative estimate of drug-likeness (QED) is 0.688. The molecule has 0 aliphatic carbocycles. The van der Waals surface area contributed by atoms with E-state index in [2.05, 4.69) is 48.2 Å². The summed E-state index contributed by atoms with van der Waals surface area (Å²) in [6.07, 6.45) is 0. The highest BCUT2D eigenvalue weighted by Crippen LogP contribution is 2.29. The minimum absolute atomic E-state index is 0.171. The first-order valence-corrected chi connectivity index (χ1v) is 7.78. The van der Waals surface area contributed by atoms with Gasteiger partial charge in [-0.1, -0.05) is 20.8 Å². The van der Waals surface area contributed by atoms with E-state index >= 15 is 0 Å². The number of thiophene rings is 1. The average molecular weight is 301 g/mol. The van der Waals surface area contributed by atoms with Crippen molar-refractivity contribution < 1.29 is 0 Å². The fourth-order valence-electron chi connectivity index (χ4n) is 2.21. The molecule has 0 aliphatic rings. The number of anilines is 1. The molecule has 3 N–H and O–H groups in total. The Hall–Kier alpha value is -2.01.